The lowest BCUT2D eigenvalue weighted by molar-refractivity contribution is 0.0543. The Morgan fingerprint density at radius 1 is 1.53 bits per heavy atom. The molecule has 0 bridgehead atoms. The lowest BCUT2D eigenvalue weighted by Crippen LogP contribution is -2.41. The molecular formula is C11H23NO2S. The first kappa shape index (κ1) is 13.3. The van der Waals surface area contributed by atoms with Gasteiger partial charge in [-0.05, 0) is 32.9 Å². The number of ether oxygens (including phenoxy) is 1. The molecule has 4 atom stereocenters. The van der Waals surface area contributed by atoms with Crippen LogP contribution in [0, 0.1) is 0 Å². The molecule has 1 fully saturated rings. The van der Waals surface area contributed by atoms with Crippen molar-refractivity contribution in [1.82, 2.24) is 5.32 Å². The first-order valence-electron chi connectivity index (χ1n) is 5.69. The van der Waals surface area contributed by atoms with E-state index in [-0.39, 0.29) is 11.9 Å². The summed E-state index contributed by atoms with van der Waals surface area (Å²) in [7, 11) is 0. The Kier molecular flexibility index (Phi) is 5.97. The molecule has 1 aliphatic heterocycles. The average molecular weight is 233 g/mol. The molecule has 1 saturated heterocycles. The van der Waals surface area contributed by atoms with Crippen molar-refractivity contribution < 1.29 is 9.84 Å². The minimum absolute atomic E-state index is 0.233. The van der Waals surface area contributed by atoms with Gasteiger partial charge in [-0.1, -0.05) is 0 Å². The van der Waals surface area contributed by atoms with Crippen molar-refractivity contribution in [2.75, 3.05) is 19.4 Å². The number of thioether (sulfide) groups is 1. The fraction of sp³-hybridized carbons (Fsp3) is 1.00. The van der Waals surface area contributed by atoms with Crippen LogP contribution in [0.3, 0.4) is 0 Å². The minimum atomic E-state index is 0.233. The van der Waals surface area contributed by atoms with Gasteiger partial charge < -0.3 is 15.2 Å². The molecule has 0 aromatic carbocycles. The van der Waals surface area contributed by atoms with E-state index in [1.54, 1.807) is 11.8 Å². The summed E-state index contributed by atoms with van der Waals surface area (Å²) in [6, 6.07) is 0.338. The van der Waals surface area contributed by atoms with Gasteiger partial charge in [-0.3, -0.25) is 0 Å². The minimum Gasteiger partial charge on any atom is -0.395 e. The van der Waals surface area contributed by atoms with Crippen LogP contribution < -0.4 is 5.32 Å². The van der Waals surface area contributed by atoms with Crippen LogP contribution in [0.15, 0.2) is 0 Å². The van der Waals surface area contributed by atoms with Crippen LogP contribution in [-0.2, 0) is 4.74 Å². The molecule has 0 spiro atoms. The van der Waals surface area contributed by atoms with Gasteiger partial charge in [-0.2, -0.15) is 11.8 Å². The van der Waals surface area contributed by atoms with E-state index >= 15 is 0 Å². The van der Waals surface area contributed by atoms with Gasteiger partial charge in [0.15, 0.2) is 0 Å². The first-order chi connectivity index (χ1) is 7.17. The van der Waals surface area contributed by atoms with Gasteiger partial charge in [0.1, 0.15) is 0 Å². The van der Waals surface area contributed by atoms with Crippen molar-refractivity contribution in [3.63, 3.8) is 0 Å². The summed E-state index contributed by atoms with van der Waals surface area (Å²) in [6.07, 6.45) is 5.15. The zero-order chi connectivity index (χ0) is 11.3. The van der Waals surface area contributed by atoms with Gasteiger partial charge >= 0.3 is 0 Å². The first-order valence-corrected chi connectivity index (χ1v) is 6.98. The quantitative estimate of drug-likeness (QED) is 0.724. The Morgan fingerprint density at radius 3 is 2.73 bits per heavy atom. The molecule has 15 heavy (non-hydrogen) atoms. The van der Waals surface area contributed by atoms with Crippen LogP contribution in [-0.4, -0.2) is 48.0 Å². The molecule has 4 heteroatoms. The molecule has 90 valence electrons. The zero-order valence-corrected chi connectivity index (χ0v) is 10.7. The topological polar surface area (TPSA) is 41.5 Å². The van der Waals surface area contributed by atoms with Crippen LogP contribution in [0.25, 0.3) is 0 Å². The van der Waals surface area contributed by atoms with E-state index in [4.69, 9.17) is 9.84 Å². The van der Waals surface area contributed by atoms with Crippen LogP contribution >= 0.6 is 11.8 Å². The predicted octanol–water partition coefficient (Wildman–Crippen LogP) is 1.26. The third kappa shape index (κ3) is 4.31. The Balaban J connectivity index is 2.18. The maximum atomic E-state index is 9.14. The highest BCUT2D eigenvalue weighted by Crippen LogP contribution is 2.19. The van der Waals surface area contributed by atoms with Gasteiger partial charge in [0.05, 0.1) is 18.8 Å². The fourth-order valence-corrected chi connectivity index (χ4v) is 2.57. The molecule has 0 aromatic heterocycles. The summed E-state index contributed by atoms with van der Waals surface area (Å²) in [4.78, 5) is 0. The summed E-state index contributed by atoms with van der Waals surface area (Å²) < 4.78 is 5.73. The smallest absolute Gasteiger partial charge is 0.0704 e. The number of hydrogen-bond donors (Lipinski definition) is 2. The van der Waals surface area contributed by atoms with Gasteiger partial charge in [0.2, 0.25) is 0 Å². The summed E-state index contributed by atoms with van der Waals surface area (Å²) in [6.45, 7) is 5.39. The van der Waals surface area contributed by atoms with Crippen LogP contribution in [0.4, 0.5) is 0 Å². The van der Waals surface area contributed by atoms with Crippen molar-refractivity contribution in [1.29, 1.82) is 0 Å². The van der Waals surface area contributed by atoms with Gasteiger partial charge in [0, 0.05) is 17.8 Å². The molecule has 2 N–H and O–H groups in total. The van der Waals surface area contributed by atoms with E-state index in [1.165, 1.54) is 6.42 Å². The number of hydrogen-bond acceptors (Lipinski definition) is 4. The zero-order valence-electron chi connectivity index (χ0n) is 9.90. The van der Waals surface area contributed by atoms with Crippen molar-refractivity contribution in [2.24, 2.45) is 0 Å². The average Bonchev–Trinajstić information content (AvgIpc) is 2.63. The van der Waals surface area contributed by atoms with Crippen molar-refractivity contribution in [3.05, 3.63) is 0 Å². The normalized spacial score (nSPS) is 30.4. The lowest BCUT2D eigenvalue weighted by atomic mass is 10.2. The molecule has 0 amide bonds. The molecule has 0 aromatic rings. The van der Waals surface area contributed by atoms with E-state index in [0.717, 1.165) is 13.0 Å². The van der Waals surface area contributed by atoms with E-state index in [2.05, 4.69) is 19.2 Å². The number of rotatable bonds is 6. The fourth-order valence-electron chi connectivity index (χ4n) is 1.92. The standard InChI is InChI=1S/C11H23NO2S/c1-8-4-5-10(14-8)6-12-9(2)11(7-13)15-3/h8-13H,4-7H2,1-3H3. The number of aliphatic hydroxyl groups is 1. The maximum Gasteiger partial charge on any atom is 0.0704 e. The second-order valence-corrected chi connectivity index (χ2v) is 5.38. The van der Waals surface area contributed by atoms with Crippen LogP contribution in [0.1, 0.15) is 26.7 Å². The lowest BCUT2D eigenvalue weighted by Gasteiger charge is -2.23. The third-order valence-electron chi connectivity index (χ3n) is 3.03. The Bertz CT molecular complexity index is 176. The summed E-state index contributed by atoms with van der Waals surface area (Å²) >= 11 is 1.71. The highest BCUT2D eigenvalue weighted by atomic mass is 32.2. The third-order valence-corrected chi connectivity index (χ3v) is 4.19. The Hall–Kier alpha value is 0.230. The summed E-state index contributed by atoms with van der Waals surface area (Å²) in [5, 5.41) is 12.9. The number of aliphatic hydroxyl groups excluding tert-OH is 1. The summed E-state index contributed by atoms with van der Waals surface area (Å²) in [5.41, 5.74) is 0. The monoisotopic (exact) mass is 233 g/mol. The van der Waals surface area contributed by atoms with E-state index in [1.807, 2.05) is 6.26 Å². The van der Waals surface area contributed by atoms with Crippen LogP contribution in [0.5, 0.6) is 0 Å². The van der Waals surface area contributed by atoms with E-state index in [9.17, 15) is 0 Å². The molecule has 1 rings (SSSR count). The van der Waals surface area contributed by atoms with E-state index < -0.39 is 0 Å². The maximum absolute atomic E-state index is 9.14. The van der Waals surface area contributed by atoms with Crippen molar-refractivity contribution in [3.8, 4) is 0 Å². The molecule has 1 aliphatic rings. The molecule has 0 saturated carbocycles. The molecular weight excluding hydrogens is 210 g/mol. The predicted molar refractivity (Wildman–Crippen MR) is 65.4 cm³/mol. The van der Waals surface area contributed by atoms with E-state index in [0.29, 0.717) is 18.2 Å². The highest BCUT2D eigenvalue weighted by molar-refractivity contribution is 7.99. The molecule has 0 aliphatic carbocycles. The largest absolute Gasteiger partial charge is 0.395 e. The number of nitrogens with one attached hydrogen (secondary N) is 1. The SMILES string of the molecule is CSC(CO)C(C)NCC1CCC(C)O1. The molecule has 3 nitrogen and oxygen atoms in total. The van der Waals surface area contributed by atoms with Gasteiger partial charge in [-0.15, -0.1) is 0 Å². The second kappa shape index (κ2) is 6.74. The molecule has 4 unspecified atom stereocenters. The van der Waals surface area contributed by atoms with Gasteiger partial charge in [-0.25, -0.2) is 0 Å². The Morgan fingerprint density at radius 2 is 2.27 bits per heavy atom. The molecule has 1 heterocycles. The van der Waals surface area contributed by atoms with Crippen molar-refractivity contribution in [2.45, 2.75) is 50.2 Å². The molecule has 0 radical (unpaired) electrons. The highest BCUT2D eigenvalue weighted by Gasteiger charge is 2.23. The van der Waals surface area contributed by atoms with Crippen molar-refractivity contribution >= 4 is 11.8 Å². The summed E-state index contributed by atoms with van der Waals surface area (Å²) in [5.74, 6) is 0. The Labute approximate surface area is 97.0 Å². The van der Waals surface area contributed by atoms with Gasteiger partial charge in [0.25, 0.3) is 0 Å². The van der Waals surface area contributed by atoms with Crippen LogP contribution in [0.2, 0.25) is 0 Å². The second-order valence-electron chi connectivity index (χ2n) is 4.30.